The van der Waals surface area contributed by atoms with Crippen LogP contribution in [-0.2, 0) is 4.74 Å². The molecule has 2 rings (SSSR count). The maximum Gasteiger partial charge on any atom is 0.0623 e. The Labute approximate surface area is 93.8 Å². The van der Waals surface area contributed by atoms with Gasteiger partial charge in [0.25, 0.3) is 0 Å². The topological polar surface area (TPSA) is 21.3 Å². The summed E-state index contributed by atoms with van der Waals surface area (Å²) in [5, 5.41) is 3.66. The SMILES string of the molecule is CCNC(CC(C)C)C1CC2CCC1O2. The molecule has 0 aliphatic carbocycles. The molecule has 0 saturated carbocycles. The fraction of sp³-hybridized carbons (Fsp3) is 1.00. The second-order valence-electron chi connectivity index (χ2n) is 5.57. The molecule has 2 bridgehead atoms. The van der Waals surface area contributed by atoms with Gasteiger partial charge in [-0.05, 0) is 38.1 Å². The summed E-state index contributed by atoms with van der Waals surface area (Å²) in [6, 6.07) is 0.685. The third-order valence-corrected chi connectivity index (χ3v) is 3.86. The van der Waals surface area contributed by atoms with Gasteiger partial charge in [0.2, 0.25) is 0 Å². The summed E-state index contributed by atoms with van der Waals surface area (Å²) in [6.45, 7) is 7.93. The van der Waals surface area contributed by atoms with Crippen LogP contribution in [0, 0.1) is 11.8 Å². The van der Waals surface area contributed by atoms with Gasteiger partial charge in [-0.3, -0.25) is 0 Å². The Bertz CT molecular complexity index is 205. The molecule has 2 saturated heterocycles. The van der Waals surface area contributed by atoms with E-state index in [4.69, 9.17) is 4.74 Å². The number of hydrogen-bond acceptors (Lipinski definition) is 2. The Morgan fingerprint density at radius 3 is 2.60 bits per heavy atom. The van der Waals surface area contributed by atoms with Gasteiger partial charge in [-0.2, -0.15) is 0 Å². The molecule has 2 nitrogen and oxygen atoms in total. The molecule has 4 atom stereocenters. The lowest BCUT2D eigenvalue weighted by Gasteiger charge is -2.30. The van der Waals surface area contributed by atoms with Gasteiger partial charge in [-0.1, -0.05) is 20.8 Å². The number of rotatable bonds is 5. The van der Waals surface area contributed by atoms with E-state index in [-0.39, 0.29) is 0 Å². The molecule has 0 radical (unpaired) electrons. The molecule has 1 N–H and O–H groups in total. The Balaban J connectivity index is 1.92. The normalized spacial score (nSPS) is 36.4. The van der Waals surface area contributed by atoms with E-state index in [9.17, 15) is 0 Å². The zero-order valence-electron chi connectivity index (χ0n) is 10.3. The van der Waals surface area contributed by atoms with Crippen molar-refractivity contribution in [3.63, 3.8) is 0 Å². The zero-order valence-corrected chi connectivity index (χ0v) is 10.3. The Kier molecular flexibility index (Phi) is 3.68. The third kappa shape index (κ3) is 2.54. The monoisotopic (exact) mass is 211 g/mol. The number of fused-ring (bicyclic) bond motifs is 2. The van der Waals surface area contributed by atoms with Crippen LogP contribution in [0.15, 0.2) is 0 Å². The minimum absolute atomic E-state index is 0.567. The first-order valence-corrected chi connectivity index (χ1v) is 6.59. The molecule has 4 unspecified atom stereocenters. The molecule has 15 heavy (non-hydrogen) atoms. The van der Waals surface area contributed by atoms with Crippen molar-refractivity contribution in [1.82, 2.24) is 5.32 Å². The fourth-order valence-electron chi connectivity index (χ4n) is 3.28. The Morgan fingerprint density at radius 1 is 1.33 bits per heavy atom. The molecule has 2 aliphatic heterocycles. The number of hydrogen-bond donors (Lipinski definition) is 1. The maximum atomic E-state index is 5.95. The van der Waals surface area contributed by atoms with Crippen LogP contribution in [-0.4, -0.2) is 24.8 Å². The molecule has 0 aromatic carbocycles. The molecule has 0 aromatic heterocycles. The summed E-state index contributed by atoms with van der Waals surface area (Å²) in [7, 11) is 0. The predicted octanol–water partition coefficient (Wildman–Crippen LogP) is 2.58. The lowest BCUT2D eigenvalue weighted by molar-refractivity contribution is 0.0839. The lowest BCUT2D eigenvalue weighted by Crippen LogP contribution is -2.41. The fourth-order valence-corrected chi connectivity index (χ4v) is 3.28. The van der Waals surface area contributed by atoms with Crippen molar-refractivity contribution < 1.29 is 4.74 Å². The van der Waals surface area contributed by atoms with Crippen LogP contribution >= 0.6 is 0 Å². The Hall–Kier alpha value is -0.0800. The zero-order chi connectivity index (χ0) is 10.8. The van der Waals surface area contributed by atoms with Crippen molar-refractivity contribution in [1.29, 1.82) is 0 Å². The summed E-state index contributed by atoms with van der Waals surface area (Å²) in [5.74, 6) is 1.57. The average Bonchev–Trinajstić information content (AvgIpc) is 2.77. The molecule has 0 aromatic rings. The molecule has 0 amide bonds. The van der Waals surface area contributed by atoms with Crippen LogP contribution in [0.4, 0.5) is 0 Å². The minimum atomic E-state index is 0.567. The highest BCUT2D eigenvalue weighted by atomic mass is 16.5. The van der Waals surface area contributed by atoms with Crippen LogP contribution in [0.1, 0.15) is 46.5 Å². The highest BCUT2D eigenvalue weighted by molar-refractivity contribution is 4.95. The molecule has 2 heterocycles. The van der Waals surface area contributed by atoms with Crippen molar-refractivity contribution in [3.8, 4) is 0 Å². The van der Waals surface area contributed by atoms with E-state index in [2.05, 4.69) is 26.1 Å². The van der Waals surface area contributed by atoms with Gasteiger partial charge < -0.3 is 10.1 Å². The first-order chi connectivity index (χ1) is 7.20. The molecular weight excluding hydrogens is 186 g/mol. The van der Waals surface area contributed by atoms with Gasteiger partial charge in [0.1, 0.15) is 0 Å². The van der Waals surface area contributed by atoms with Crippen molar-refractivity contribution in [2.75, 3.05) is 6.54 Å². The van der Waals surface area contributed by atoms with E-state index in [1.165, 1.54) is 25.7 Å². The smallest absolute Gasteiger partial charge is 0.0623 e. The van der Waals surface area contributed by atoms with Crippen molar-refractivity contribution in [2.24, 2.45) is 11.8 Å². The summed E-state index contributed by atoms with van der Waals surface area (Å²) in [6.07, 6.45) is 6.36. The van der Waals surface area contributed by atoms with E-state index in [0.29, 0.717) is 18.2 Å². The molecule has 2 fully saturated rings. The van der Waals surface area contributed by atoms with E-state index in [1.54, 1.807) is 0 Å². The molecule has 88 valence electrons. The second-order valence-corrected chi connectivity index (χ2v) is 5.57. The standard InChI is InChI=1S/C13H25NO/c1-4-14-12(7-9(2)3)11-8-10-5-6-13(11)15-10/h9-14H,4-8H2,1-3H3. The van der Waals surface area contributed by atoms with E-state index in [1.807, 2.05) is 0 Å². The molecule has 2 aliphatic rings. The van der Waals surface area contributed by atoms with Gasteiger partial charge in [0.05, 0.1) is 12.2 Å². The van der Waals surface area contributed by atoms with Crippen LogP contribution in [0.25, 0.3) is 0 Å². The van der Waals surface area contributed by atoms with Gasteiger partial charge in [0, 0.05) is 12.0 Å². The summed E-state index contributed by atoms with van der Waals surface area (Å²) in [4.78, 5) is 0. The first kappa shape index (κ1) is 11.4. The van der Waals surface area contributed by atoms with Gasteiger partial charge in [0.15, 0.2) is 0 Å². The van der Waals surface area contributed by atoms with Crippen LogP contribution in [0.5, 0.6) is 0 Å². The van der Waals surface area contributed by atoms with Crippen LogP contribution in [0.3, 0.4) is 0 Å². The predicted molar refractivity (Wildman–Crippen MR) is 62.9 cm³/mol. The first-order valence-electron chi connectivity index (χ1n) is 6.59. The summed E-state index contributed by atoms with van der Waals surface area (Å²) in [5.41, 5.74) is 0. The van der Waals surface area contributed by atoms with Crippen LogP contribution < -0.4 is 5.32 Å². The summed E-state index contributed by atoms with van der Waals surface area (Å²) < 4.78 is 5.95. The van der Waals surface area contributed by atoms with E-state index >= 15 is 0 Å². The van der Waals surface area contributed by atoms with Gasteiger partial charge in [-0.15, -0.1) is 0 Å². The quantitative estimate of drug-likeness (QED) is 0.754. The largest absolute Gasteiger partial charge is 0.375 e. The van der Waals surface area contributed by atoms with Gasteiger partial charge in [-0.25, -0.2) is 0 Å². The van der Waals surface area contributed by atoms with Crippen molar-refractivity contribution >= 4 is 0 Å². The van der Waals surface area contributed by atoms with Crippen molar-refractivity contribution in [3.05, 3.63) is 0 Å². The lowest BCUT2D eigenvalue weighted by atomic mass is 9.81. The van der Waals surface area contributed by atoms with E-state index in [0.717, 1.165) is 18.4 Å². The highest BCUT2D eigenvalue weighted by Gasteiger charge is 2.43. The minimum Gasteiger partial charge on any atom is -0.375 e. The summed E-state index contributed by atoms with van der Waals surface area (Å²) >= 11 is 0. The molecular formula is C13H25NO. The van der Waals surface area contributed by atoms with Crippen LogP contribution in [0.2, 0.25) is 0 Å². The third-order valence-electron chi connectivity index (χ3n) is 3.86. The second kappa shape index (κ2) is 4.84. The maximum absolute atomic E-state index is 5.95. The number of ether oxygens (including phenoxy) is 1. The molecule has 0 spiro atoms. The van der Waals surface area contributed by atoms with Crippen molar-refractivity contribution in [2.45, 2.75) is 64.7 Å². The van der Waals surface area contributed by atoms with E-state index < -0.39 is 0 Å². The molecule has 2 heteroatoms. The van der Waals surface area contributed by atoms with Gasteiger partial charge >= 0.3 is 0 Å². The highest BCUT2D eigenvalue weighted by Crippen LogP contribution is 2.41. The Morgan fingerprint density at radius 2 is 2.13 bits per heavy atom. The average molecular weight is 211 g/mol. The number of nitrogens with one attached hydrogen (secondary N) is 1.